The van der Waals surface area contributed by atoms with Crippen LogP contribution in [0.5, 0.6) is 17.2 Å². The number of esters is 1. The third-order valence-electron chi connectivity index (χ3n) is 7.27. The Kier molecular flexibility index (Phi) is 8.44. The van der Waals surface area contributed by atoms with Crippen LogP contribution in [0.15, 0.2) is 29.1 Å². The summed E-state index contributed by atoms with van der Waals surface area (Å²) in [6.45, 7) is 4.10. The van der Waals surface area contributed by atoms with Crippen LogP contribution in [0.2, 0.25) is 0 Å². The van der Waals surface area contributed by atoms with E-state index in [2.05, 4.69) is 5.32 Å². The van der Waals surface area contributed by atoms with E-state index in [-0.39, 0.29) is 23.9 Å². The first-order chi connectivity index (χ1) is 18.3. The molecule has 2 unspecified atom stereocenters. The van der Waals surface area contributed by atoms with Crippen LogP contribution in [0.1, 0.15) is 56.7 Å². The minimum atomic E-state index is -0.518. The van der Waals surface area contributed by atoms with Gasteiger partial charge in [-0.1, -0.05) is 6.07 Å². The SMILES string of the molecule is CCOC(=O)C1CCCCN1c1ccc2c(cc1=O)C(NC(C)=O)CCc1cc(OC)c(OC)c(OC)c1-2. The summed E-state index contributed by atoms with van der Waals surface area (Å²) in [7, 11) is 4.69. The molecule has 1 aliphatic carbocycles. The second-order valence-electron chi connectivity index (χ2n) is 9.52. The number of benzene rings is 1. The summed E-state index contributed by atoms with van der Waals surface area (Å²) in [5, 5.41) is 3.02. The van der Waals surface area contributed by atoms with E-state index < -0.39 is 12.1 Å². The van der Waals surface area contributed by atoms with Crippen molar-refractivity contribution in [2.75, 3.05) is 39.4 Å². The van der Waals surface area contributed by atoms with E-state index >= 15 is 0 Å². The molecule has 38 heavy (non-hydrogen) atoms. The van der Waals surface area contributed by atoms with Crippen molar-refractivity contribution < 1.29 is 28.5 Å². The number of aryl methyl sites for hydroxylation is 1. The van der Waals surface area contributed by atoms with Crippen LogP contribution < -0.4 is 29.9 Å². The van der Waals surface area contributed by atoms with Crippen molar-refractivity contribution in [2.24, 2.45) is 0 Å². The molecule has 1 saturated heterocycles. The molecule has 0 saturated carbocycles. The first kappa shape index (κ1) is 27.3. The van der Waals surface area contributed by atoms with Gasteiger partial charge in [0.2, 0.25) is 17.1 Å². The molecule has 1 N–H and O–H groups in total. The van der Waals surface area contributed by atoms with Crippen LogP contribution >= 0.6 is 0 Å². The molecular formula is C29H36N2O7. The average molecular weight is 525 g/mol. The number of anilines is 1. The lowest BCUT2D eigenvalue weighted by Gasteiger charge is -2.35. The van der Waals surface area contributed by atoms with Gasteiger partial charge in [-0.3, -0.25) is 9.59 Å². The summed E-state index contributed by atoms with van der Waals surface area (Å²) in [4.78, 5) is 40.6. The van der Waals surface area contributed by atoms with E-state index in [1.807, 2.05) is 17.0 Å². The van der Waals surface area contributed by atoms with Crippen molar-refractivity contribution in [3.05, 3.63) is 45.6 Å². The van der Waals surface area contributed by atoms with Crippen LogP contribution in [0, 0.1) is 0 Å². The lowest BCUT2D eigenvalue weighted by Crippen LogP contribution is -2.47. The van der Waals surface area contributed by atoms with Gasteiger partial charge in [0.05, 0.1) is 39.7 Å². The molecule has 0 radical (unpaired) electrons. The average Bonchev–Trinajstić information content (AvgIpc) is 3.16. The van der Waals surface area contributed by atoms with E-state index in [0.29, 0.717) is 54.3 Å². The molecule has 2 atom stereocenters. The number of nitrogens with zero attached hydrogens (tertiary/aromatic N) is 1. The molecule has 0 spiro atoms. The van der Waals surface area contributed by atoms with Gasteiger partial charge in [0.15, 0.2) is 11.5 Å². The number of amides is 1. The zero-order valence-electron chi connectivity index (χ0n) is 22.7. The Labute approximate surface area is 223 Å². The van der Waals surface area contributed by atoms with Gasteiger partial charge < -0.3 is 29.2 Å². The largest absolute Gasteiger partial charge is 0.493 e. The molecule has 2 aliphatic rings. The Morgan fingerprint density at radius 2 is 1.79 bits per heavy atom. The zero-order valence-corrected chi connectivity index (χ0v) is 22.7. The molecule has 204 valence electrons. The number of hydrogen-bond acceptors (Lipinski definition) is 8. The molecular weight excluding hydrogens is 488 g/mol. The van der Waals surface area contributed by atoms with Crippen molar-refractivity contribution in [1.29, 1.82) is 0 Å². The van der Waals surface area contributed by atoms with Crippen molar-refractivity contribution in [1.82, 2.24) is 5.32 Å². The molecule has 2 aromatic rings. The maximum Gasteiger partial charge on any atom is 0.328 e. The number of methoxy groups -OCH3 is 3. The Bertz CT molecular complexity index is 1280. The fourth-order valence-corrected chi connectivity index (χ4v) is 5.64. The highest BCUT2D eigenvalue weighted by Gasteiger charge is 2.33. The van der Waals surface area contributed by atoms with Crippen molar-refractivity contribution in [2.45, 2.75) is 58.0 Å². The smallest absolute Gasteiger partial charge is 0.328 e. The first-order valence-electron chi connectivity index (χ1n) is 13.0. The predicted molar refractivity (Wildman–Crippen MR) is 144 cm³/mol. The van der Waals surface area contributed by atoms with Gasteiger partial charge in [-0.25, -0.2) is 4.79 Å². The van der Waals surface area contributed by atoms with Crippen LogP contribution in [-0.4, -0.2) is 52.4 Å². The number of ether oxygens (including phenoxy) is 4. The number of nitrogens with one attached hydrogen (secondary N) is 1. The topological polar surface area (TPSA) is 103 Å². The number of rotatable bonds is 7. The van der Waals surface area contributed by atoms with Gasteiger partial charge in [0, 0.05) is 19.0 Å². The van der Waals surface area contributed by atoms with Crippen molar-refractivity contribution in [3.63, 3.8) is 0 Å². The molecule has 4 rings (SSSR count). The summed E-state index contributed by atoms with van der Waals surface area (Å²) in [5.41, 5.74) is 3.39. The number of carbonyl (C=O) groups excluding carboxylic acids is 2. The molecule has 1 heterocycles. The fraction of sp³-hybridized carbons (Fsp3) is 0.483. The van der Waals surface area contributed by atoms with E-state index in [0.717, 1.165) is 29.5 Å². The van der Waals surface area contributed by atoms with E-state index in [1.165, 1.54) is 6.92 Å². The summed E-state index contributed by atoms with van der Waals surface area (Å²) in [6, 6.07) is 6.25. The molecule has 0 aromatic heterocycles. The van der Waals surface area contributed by atoms with Crippen LogP contribution in [-0.2, 0) is 20.7 Å². The van der Waals surface area contributed by atoms with Crippen LogP contribution in [0.25, 0.3) is 11.1 Å². The second kappa shape index (κ2) is 11.8. The third kappa shape index (κ3) is 5.14. The van der Waals surface area contributed by atoms with Crippen LogP contribution in [0.3, 0.4) is 0 Å². The third-order valence-corrected chi connectivity index (χ3v) is 7.27. The molecule has 1 amide bonds. The molecule has 2 aromatic carbocycles. The number of fused-ring (bicyclic) bond motifs is 3. The fourth-order valence-electron chi connectivity index (χ4n) is 5.64. The predicted octanol–water partition coefficient (Wildman–Crippen LogP) is 3.79. The van der Waals surface area contributed by atoms with E-state index in [1.54, 1.807) is 40.4 Å². The van der Waals surface area contributed by atoms with Gasteiger partial charge in [-0.05, 0) is 73.9 Å². The quantitative estimate of drug-likeness (QED) is 0.546. The highest BCUT2D eigenvalue weighted by molar-refractivity contribution is 5.84. The maximum atomic E-state index is 13.8. The second-order valence-corrected chi connectivity index (χ2v) is 9.52. The maximum absolute atomic E-state index is 13.8. The van der Waals surface area contributed by atoms with E-state index in [4.69, 9.17) is 18.9 Å². The molecule has 1 fully saturated rings. The van der Waals surface area contributed by atoms with E-state index in [9.17, 15) is 14.4 Å². The highest BCUT2D eigenvalue weighted by Crippen LogP contribution is 2.50. The van der Waals surface area contributed by atoms with Crippen molar-refractivity contribution >= 4 is 17.6 Å². The minimum absolute atomic E-state index is 0.188. The summed E-state index contributed by atoms with van der Waals surface area (Å²) < 4.78 is 22.4. The first-order valence-corrected chi connectivity index (χ1v) is 13.0. The molecule has 1 aliphatic heterocycles. The molecule has 9 nitrogen and oxygen atoms in total. The lowest BCUT2D eigenvalue weighted by molar-refractivity contribution is -0.145. The van der Waals surface area contributed by atoms with Gasteiger partial charge in [0.25, 0.3) is 0 Å². The Balaban J connectivity index is 1.97. The van der Waals surface area contributed by atoms with Crippen molar-refractivity contribution in [3.8, 4) is 28.4 Å². The normalized spacial score (nSPS) is 18.4. The highest BCUT2D eigenvalue weighted by atomic mass is 16.5. The number of hydrogen-bond donors (Lipinski definition) is 1. The van der Waals surface area contributed by atoms with Gasteiger partial charge >= 0.3 is 5.97 Å². The summed E-state index contributed by atoms with van der Waals surface area (Å²) in [5.74, 6) is 0.976. The van der Waals surface area contributed by atoms with Gasteiger partial charge in [0.1, 0.15) is 6.04 Å². The minimum Gasteiger partial charge on any atom is -0.493 e. The number of piperidine rings is 1. The Morgan fingerprint density at radius 1 is 1.03 bits per heavy atom. The van der Waals surface area contributed by atoms with Gasteiger partial charge in [-0.2, -0.15) is 0 Å². The Hall–Kier alpha value is -3.75. The Morgan fingerprint density at radius 3 is 2.45 bits per heavy atom. The van der Waals surface area contributed by atoms with Gasteiger partial charge in [-0.15, -0.1) is 0 Å². The lowest BCUT2D eigenvalue weighted by atomic mass is 9.95. The standard InChI is InChI=1S/C29H36N2O7/c1-6-38-29(34)23-9-7-8-14-31(23)22-13-11-19-20(16-24(22)33)21(30-17(2)32)12-10-18-15-25(35-3)27(36-4)28(37-5)26(18)19/h11,13,15-16,21,23H,6-10,12,14H2,1-5H3,(H,30,32). The summed E-state index contributed by atoms with van der Waals surface area (Å²) >= 11 is 0. The van der Waals surface area contributed by atoms with Crippen LogP contribution in [0.4, 0.5) is 5.69 Å². The number of carbonyl (C=O) groups is 2. The zero-order chi connectivity index (χ0) is 27.4. The molecule has 9 heteroatoms. The summed E-state index contributed by atoms with van der Waals surface area (Å²) in [6.07, 6.45) is 3.58. The monoisotopic (exact) mass is 524 g/mol. The molecule has 0 bridgehead atoms.